The highest BCUT2D eigenvalue weighted by atomic mass is 16.5. The molecule has 0 aromatic carbocycles. The minimum absolute atomic E-state index is 0.143. The van der Waals surface area contributed by atoms with Gasteiger partial charge in [-0.05, 0) is 56.3 Å². The van der Waals surface area contributed by atoms with Crippen molar-refractivity contribution in [2.24, 2.45) is 17.8 Å². The van der Waals surface area contributed by atoms with Crippen molar-refractivity contribution in [3.05, 3.63) is 5.89 Å². The second kappa shape index (κ2) is 4.20. The molecule has 1 aromatic rings. The zero-order valence-electron chi connectivity index (χ0n) is 11.2. The van der Waals surface area contributed by atoms with E-state index in [1.807, 2.05) is 0 Å². The average Bonchev–Trinajstić information content (AvgIpc) is 2.73. The Balaban J connectivity index is 1.37. The van der Waals surface area contributed by atoms with Gasteiger partial charge < -0.3 is 14.9 Å². The van der Waals surface area contributed by atoms with Crippen LogP contribution in [0, 0.1) is 17.8 Å². The van der Waals surface area contributed by atoms with Gasteiger partial charge in [-0.15, -0.1) is 5.10 Å². The first-order valence-corrected chi connectivity index (χ1v) is 7.43. The van der Waals surface area contributed by atoms with Crippen molar-refractivity contribution in [2.45, 2.75) is 50.5 Å². The molecule has 0 atom stereocenters. The smallest absolute Gasteiger partial charge is 0.312 e. The maximum absolute atomic E-state index is 6.29. The zero-order chi connectivity index (χ0) is 12.9. The molecule has 5 nitrogen and oxygen atoms in total. The van der Waals surface area contributed by atoms with Crippen LogP contribution in [0.4, 0.5) is 6.01 Å². The summed E-state index contributed by atoms with van der Waals surface area (Å²) < 4.78 is 11.5. The van der Waals surface area contributed by atoms with Crippen molar-refractivity contribution in [2.75, 3.05) is 12.3 Å². The molecule has 0 spiro atoms. The molecule has 4 aliphatic carbocycles. The van der Waals surface area contributed by atoms with E-state index in [0.717, 1.165) is 17.8 Å². The Kier molecular flexibility index (Phi) is 2.59. The molecule has 4 saturated carbocycles. The third-order valence-corrected chi connectivity index (χ3v) is 5.19. The number of ether oxygens (including phenoxy) is 1. The fourth-order valence-electron chi connectivity index (χ4n) is 4.93. The van der Waals surface area contributed by atoms with E-state index in [9.17, 15) is 0 Å². The predicted molar refractivity (Wildman–Crippen MR) is 69.3 cm³/mol. The summed E-state index contributed by atoms with van der Waals surface area (Å²) >= 11 is 0. The van der Waals surface area contributed by atoms with Gasteiger partial charge in [0.25, 0.3) is 0 Å². The third-order valence-electron chi connectivity index (χ3n) is 5.19. The van der Waals surface area contributed by atoms with Crippen molar-refractivity contribution in [3.8, 4) is 0 Å². The number of aromatic nitrogens is 2. The normalized spacial score (nSPS) is 39.9. The fraction of sp³-hybridized carbons (Fsp3) is 0.857. The van der Waals surface area contributed by atoms with Gasteiger partial charge in [-0.1, -0.05) is 5.10 Å². The molecule has 5 rings (SSSR count). The largest absolute Gasteiger partial charge is 0.408 e. The van der Waals surface area contributed by atoms with Crippen LogP contribution in [0.1, 0.15) is 44.4 Å². The first-order valence-electron chi connectivity index (χ1n) is 7.43. The number of nitrogen functional groups attached to an aromatic ring is 1. The maximum Gasteiger partial charge on any atom is 0.312 e. The van der Waals surface area contributed by atoms with Crippen molar-refractivity contribution >= 4 is 6.01 Å². The number of hydrogen-bond acceptors (Lipinski definition) is 5. The molecule has 1 aromatic heterocycles. The molecule has 5 heteroatoms. The second-order valence-corrected chi connectivity index (χ2v) is 6.73. The van der Waals surface area contributed by atoms with E-state index in [0.29, 0.717) is 18.9 Å². The van der Waals surface area contributed by atoms with E-state index < -0.39 is 0 Å². The van der Waals surface area contributed by atoms with Gasteiger partial charge in [-0.3, -0.25) is 0 Å². The highest BCUT2D eigenvalue weighted by Crippen LogP contribution is 2.57. The molecule has 19 heavy (non-hydrogen) atoms. The summed E-state index contributed by atoms with van der Waals surface area (Å²) in [6, 6.07) is 0.143. The molecule has 2 N–H and O–H groups in total. The number of rotatable bonds is 4. The highest BCUT2D eigenvalue weighted by molar-refractivity contribution is 5.05. The van der Waals surface area contributed by atoms with E-state index >= 15 is 0 Å². The summed E-state index contributed by atoms with van der Waals surface area (Å²) in [5.74, 6) is 3.35. The Bertz CT molecular complexity index is 436. The molecule has 4 fully saturated rings. The predicted octanol–water partition coefficient (Wildman–Crippen LogP) is 2.18. The van der Waals surface area contributed by atoms with Crippen LogP contribution in [-0.4, -0.2) is 22.4 Å². The number of nitrogens with two attached hydrogens (primary N) is 1. The van der Waals surface area contributed by atoms with E-state index in [4.69, 9.17) is 14.9 Å². The van der Waals surface area contributed by atoms with Crippen molar-refractivity contribution in [3.63, 3.8) is 0 Å². The van der Waals surface area contributed by atoms with E-state index in [2.05, 4.69) is 10.2 Å². The van der Waals surface area contributed by atoms with Crippen molar-refractivity contribution < 1.29 is 9.15 Å². The molecule has 0 amide bonds. The van der Waals surface area contributed by atoms with Crippen LogP contribution in [0.2, 0.25) is 0 Å². The van der Waals surface area contributed by atoms with E-state index in [-0.39, 0.29) is 11.6 Å². The van der Waals surface area contributed by atoms with Crippen molar-refractivity contribution in [1.29, 1.82) is 0 Å². The average molecular weight is 263 g/mol. The van der Waals surface area contributed by atoms with Gasteiger partial charge in [0, 0.05) is 6.42 Å². The first-order chi connectivity index (χ1) is 9.21. The van der Waals surface area contributed by atoms with Crippen LogP contribution in [0.15, 0.2) is 4.42 Å². The summed E-state index contributed by atoms with van der Waals surface area (Å²) in [5.41, 5.74) is 5.58. The van der Waals surface area contributed by atoms with Gasteiger partial charge in [0.2, 0.25) is 5.89 Å². The zero-order valence-corrected chi connectivity index (χ0v) is 11.2. The first kappa shape index (κ1) is 11.7. The Hall–Kier alpha value is -1.10. The summed E-state index contributed by atoms with van der Waals surface area (Å²) in [7, 11) is 0. The van der Waals surface area contributed by atoms with Crippen LogP contribution in [0.5, 0.6) is 0 Å². The molecule has 0 saturated heterocycles. The molecular formula is C14H21N3O2. The number of nitrogens with zero attached hydrogens (tertiary/aromatic N) is 2. The third kappa shape index (κ3) is 2.14. The van der Waals surface area contributed by atoms with Gasteiger partial charge in [-0.25, -0.2) is 0 Å². The van der Waals surface area contributed by atoms with Crippen LogP contribution in [0.25, 0.3) is 0 Å². The Morgan fingerprint density at radius 3 is 2.26 bits per heavy atom. The molecule has 0 aliphatic heterocycles. The lowest BCUT2D eigenvalue weighted by atomic mass is 9.54. The highest BCUT2D eigenvalue weighted by Gasteiger charge is 2.51. The second-order valence-electron chi connectivity index (χ2n) is 6.73. The summed E-state index contributed by atoms with van der Waals surface area (Å²) in [4.78, 5) is 0. The molecule has 1 heterocycles. The maximum atomic E-state index is 6.29. The Morgan fingerprint density at radius 1 is 1.11 bits per heavy atom. The molecular weight excluding hydrogens is 242 g/mol. The minimum atomic E-state index is 0.143. The van der Waals surface area contributed by atoms with Gasteiger partial charge in [0.05, 0.1) is 12.2 Å². The Morgan fingerprint density at radius 2 is 1.74 bits per heavy atom. The quantitative estimate of drug-likeness (QED) is 0.901. The van der Waals surface area contributed by atoms with Crippen LogP contribution >= 0.6 is 0 Å². The topological polar surface area (TPSA) is 74.2 Å². The molecule has 0 radical (unpaired) electrons. The molecule has 4 aliphatic rings. The van der Waals surface area contributed by atoms with Gasteiger partial charge in [0.1, 0.15) is 0 Å². The van der Waals surface area contributed by atoms with Crippen LogP contribution in [0.3, 0.4) is 0 Å². The van der Waals surface area contributed by atoms with Gasteiger partial charge >= 0.3 is 6.01 Å². The minimum Gasteiger partial charge on any atom is -0.408 e. The summed E-state index contributed by atoms with van der Waals surface area (Å²) in [5, 5.41) is 7.55. The lowest BCUT2D eigenvalue weighted by Crippen LogP contribution is -2.52. The molecule has 0 unspecified atom stereocenters. The number of hydrogen-bond donors (Lipinski definition) is 1. The summed E-state index contributed by atoms with van der Waals surface area (Å²) in [6.45, 7) is 0.674. The summed E-state index contributed by atoms with van der Waals surface area (Å²) in [6.07, 6.45) is 8.82. The standard InChI is InChI=1S/C14H21N3O2/c15-13-17-16-12(19-13)1-2-18-14-6-9-3-10(7-14)5-11(4-9)8-14/h9-11H,1-8H2,(H2,15,17). The monoisotopic (exact) mass is 263 g/mol. The van der Waals surface area contributed by atoms with E-state index in [1.165, 1.54) is 38.5 Å². The lowest BCUT2D eigenvalue weighted by Gasteiger charge is -2.56. The Labute approximate surface area is 112 Å². The van der Waals surface area contributed by atoms with E-state index in [1.54, 1.807) is 0 Å². The fourth-order valence-corrected chi connectivity index (χ4v) is 4.93. The lowest BCUT2D eigenvalue weighted by molar-refractivity contribution is -0.162. The van der Waals surface area contributed by atoms with Crippen LogP contribution < -0.4 is 5.73 Å². The molecule has 4 bridgehead atoms. The SMILES string of the molecule is Nc1nnc(CCOC23CC4CC(CC(C4)C2)C3)o1. The van der Waals surface area contributed by atoms with Gasteiger partial charge in [-0.2, -0.15) is 0 Å². The van der Waals surface area contributed by atoms with Gasteiger partial charge in [0.15, 0.2) is 0 Å². The molecule has 104 valence electrons. The number of anilines is 1. The van der Waals surface area contributed by atoms with Crippen LogP contribution in [-0.2, 0) is 11.2 Å². The van der Waals surface area contributed by atoms with Crippen molar-refractivity contribution in [1.82, 2.24) is 10.2 Å².